The van der Waals surface area contributed by atoms with E-state index in [0.717, 1.165) is 98.3 Å². The number of aromatic nitrogens is 2. The summed E-state index contributed by atoms with van der Waals surface area (Å²) < 4.78 is 16.4. The molecule has 0 spiro atoms. The molecule has 0 saturated carbocycles. The molecule has 0 aliphatic carbocycles. The van der Waals surface area contributed by atoms with Crippen LogP contribution in [-0.4, -0.2) is 19.0 Å². The minimum atomic E-state index is -0.850. The van der Waals surface area contributed by atoms with Crippen LogP contribution in [0.4, 0.5) is 11.4 Å². The van der Waals surface area contributed by atoms with Crippen molar-refractivity contribution < 1.29 is 46.1 Å². The van der Waals surface area contributed by atoms with Crippen molar-refractivity contribution in [3.05, 3.63) is 344 Å². The maximum atomic E-state index is 12.0. The number of aryl methyl sites for hydroxylation is 4. The minimum Gasteiger partial charge on any atom is -0.670 e. The van der Waals surface area contributed by atoms with Crippen molar-refractivity contribution >= 4 is 75.2 Å². The van der Waals surface area contributed by atoms with Crippen LogP contribution in [0.1, 0.15) is 113 Å². The first kappa shape index (κ1) is 82.5. The van der Waals surface area contributed by atoms with Gasteiger partial charge in [-0.3, -0.25) is 0 Å². The molecule has 13 aromatic rings. The van der Waals surface area contributed by atoms with Crippen molar-refractivity contribution in [2.24, 2.45) is 12.4 Å². The Labute approximate surface area is 666 Å². The summed E-state index contributed by atoms with van der Waals surface area (Å²) in [6.07, 6.45) is 3.50. The van der Waals surface area contributed by atoms with E-state index in [1.165, 1.54) is 27.9 Å². The van der Waals surface area contributed by atoms with Gasteiger partial charge in [-0.15, -0.1) is 0 Å². The van der Waals surface area contributed by atoms with Gasteiger partial charge in [0.05, 0.1) is 0 Å². The van der Waals surface area contributed by atoms with E-state index in [9.17, 15) is 10.2 Å². The predicted octanol–water partition coefficient (Wildman–Crippen LogP) is 28.2. The third-order valence-corrected chi connectivity index (χ3v) is 24.9. The van der Waals surface area contributed by atoms with Crippen LogP contribution in [0.2, 0.25) is 10.0 Å². The van der Waals surface area contributed by atoms with Crippen LogP contribution in [0.5, 0.6) is 11.5 Å². The molecule has 2 heterocycles. The Kier molecular flexibility index (Phi) is 31.8. The number of benzene rings is 11. The van der Waals surface area contributed by atoms with Gasteiger partial charge in [0.2, 0.25) is 0 Å². The number of hydrogen-bond acceptors (Lipinski definition) is 4. The zero-order valence-corrected chi connectivity index (χ0v) is 71.6. The molecule has 13 rings (SSSR count). The molecule has 538 valence electrons. The Balaban J connectivity index is 0.000000173. The molecule has 12 heteroatoms. The van der Waals surface area contributed by atoms with Crippen LogP contribution in [0, 0.1) is 33.1 Å². The van der Waals surface area contributed by atoms with Crippen LogP contribution in [0.15, 0.2) is 301 Å². The van der Waals surface area contributed by atoms with Crippen molar-refractivity contribution in [2.45, 2.75) is 107 Å². The van der Waals surface area contributed by atoms with Gasteiger partial charge in [-0.05, 0) is 93.0 Å². The van der Waals surface area contributed by atoms with Gasteiger partial charge in [0.15, 0.2) is 0 Å². The molecule has 105 heavy (non-hydrogen) atoms. The van der Waals surface area contributed by atoms with Crippen molar-refractivity contribution in [3.8, 4) is 78.3 Å². The smallest absolute Gasteiger partial charge is 0.132 e. The van der Waals surface area contributed by atoms with Gasteiger partial charge in [-0.1, -0.05) is 217 Å². The van der Waals surface area contributed by atoms with E-state index in [2.05, 4.69) is 227 Å². The molecule has 0 saturated heterocycles. The third kappa shape index (κ3) is 24.4. The van der Waals surface area contributed by atoms with Crippen molar-refractivity contribution in [2.75, 3.05) is 0 Å². The molecule has 0 aliphatic rings. The number of phenols is 2. The van der Waals surface area contributed by atoms with Crippen LogP contribution in [0.25, 0.3) is 66.8 Å². The van der Waals surface area contributed by atoms with Crippen LogP contribution >= 0.6 is 55.1 Å². The fourth-order valence-corrected chi connectivity index (χ4v) is 17.5. The van der Waals surface area contributed by atoms with E-state index in [4.69, 9.17) is 26.7 Å². The van der Waals surface area contributed by atoms with Gasteiger partial charge in [0.25, 0.3) is 0 Å². The van der Waals surface area contributed by atoms with E-state index >= 15 is 0 Å². The summed E-state index contributed by atoms with van der Waals surface area (Å²) in [5.41, 5.74) is 22.4. The normalized spacial score (nSPS) is 10.8. The Morgan fingerprint density at radius 3 is 1.23 bits per heavy atom. The summed E-state index contributed by atoms with van der Waals surface area (Å²) in [5, 5.41) is 23.9. The fourth-order valence-electron chi connectivity index (χ4n) is 11.2. The van der Waals surface area contributed by atoms with E-state index < -0.39 is 35.8 Å². The largest absolute Gasteiger partial charge is 0.670 e. The number of nitrogens with zero attached hydrogens (tertiary/aromatic N) is 4. The summed E-state index contributed by atoms with van der Waals surface area (Å²) in [6, 6.07) is 91.6. The zero-order valence-electron chi connectivity index (χ0n) is 62.0. The second-order valence-corrected chi connectivity index (χ2v) is 33.8. The average Bonchev–Trinajstić information content (AvgIpc) is 1.06. The molecule has 0 bridgehead atoms. The first-order valence-corrected chi connectivity index (χ1v) is 42.3. The Morgan fingerprint density at radius 1 is 0.438 bits per heavy atom. The van der Waals surface area contributed by atoms with E-state index in [1.54, 1.807) is 12.4 Å². The predicted molar refractivity (Wildman–Crippen MR) is 449 cm³/mol. The van der Waals surface area contributed by atoms with Crippen molar-refractivity contribution in [1.82, 2.24) is 9.97 Å². The molecule has 2 aromatic heterocycles. The van der Waals surface area contributed by atoms with Crippen LogP contribution in [-0.2, 0) is 41.3 Å². The number of aromatic hydroxyl groups is 2. The minimum absolute atomic E-state index is 0.0811. The molecule has 0 atom stereocenters. The zero-order chi connectivity index (χ0) is 75.6. The second-order valence-electron chi connectivity index (χ2n) is 27.5. The van der Waals surface area contributed by atoms with Crippen LogP contribution < -0.4 is 9.97 Å². The number of phenolic OH excluding ortho intramolecular Hbond substituents is 2. The van der Waals surface area contributed by atoms with Gasteiger partial charge in [-0.2, -0.15) is 23.8 Å². The van der Waals surface area contributed by atoms with E-state index in [-0.39, 0.29) is 16.6 Å². The fraction of sp³-hybridized carbons (Fsp3) is 0.183. The number of rotatable bonds is 12. The summed E-state index contributed by atoms with van der Waals surface area (Å²) >= 11 is 18.2. The van der Waals surface area contributed by atoms with Gasteiger partial charge in [-0.25, -0.2) is 0 Å². The first-order chi connectivity index (χ1) is 50.3. The molecule has 0 aliphatic heterocycles. The Bertz CT molecular complexity index is 4760. The third-order valence-electron chi connectivity index (χ3n) is 16.6. The molecule has 0 radical (unpaired) electrons. The average molecular weight is 1810 g/mol. The summed E-state index contributed by atoms with van der Waals surface area (Å²) in [7, 11) is 0. The molecule has 2 N–H and O–H groups in total. The topological polar surface area (TPSA) is 93.4 Å². The summed E-state index contributed by atoms with van der Waals surface area (Å²) in [6.45, 7) is 28.3. The molecule has 11 aromatic carbocycles. The van der Waals surface area contributed by atoms with Gasteiger partial charge in [0.1, 0.15) is 11.5 Å². The van der Waals surface area contributed by atoms with Crippen LogP contribution in [0.3, 0.4) is 0 Å². The molecule has 0 fully saturated rings. The maximum Gasteiger partial charge on any atom is 0.132 e. The van der Waals surface area contributed by atoms with Gasteiger partial charge in [0, 0.05) is 42.3 Å². The Hall–Kier alpha value is -8.16. The summed E-state index contributed by atoms with van der Waals surface area (Å²) in [5.74, 6) is 1.63. The van der Waals surface area contributed by atoms with Gasteiger partial charge < -0.3 is 20.2 Å². The quantitative estimate of drug-likeness (QED) is 0.119. The Morgan fingerprint density at radius 2 is 0.838 bits per heavy atom. The number of hydrogen-bond donors (Lipinski definition) is 2. The molecular formula is C93H92Br2Cl2MoN4O2W-2. The van der Waals surface area contributed by atoms with E-state index in [1.807, 2.05) is 190 Å². The summed E-state index contributed by atoms with van der Waals surface area (Å²) in [4.78, 5) is 7.83. The molecule has 0 unspecified atom stereocenters. The van der Waals surface area contributed by atoms with Crippen molar-refractivity contribution in [3.63, 3.8) is 0 Å². The first-order valence-electron chi connectivity index (χ1n) is 34.9. The number of halogens is 4. The van der Waals surface area contributed by atoms with Crippen molar-refractivity contribution in [1.29, 1.82) is 0 Å². The molecular weight excluding hydrogens is 1720 g/mol. The second kappa shape index (κ2) is 40.5. The van der Waals surface area contributed by atoms with Gasteiger partial charge >= 0.3 is 265 Å². The molecule has 6 nitrogen and oxygen atoms in total. The molecule has 0 amide bonds. The maximum absolute atomic E-state index is 12.0. The monoisotopic (exact) mass is 1810 g/mol. The van der Waals surface area contributed by atoms with E-state index in [0.29, 0.717) is 27.6 Å². The standard InChI is InChI=1S/C31H22Br2O.C19H16O.C12H17N.C10H12.C6H3Cl2N.C6H8N.C5H10.C4H4N.Mo.W/c1-20-12-14-23(15-13-20)28-26(21-8-4-2-5-9-21)30(33)27(22-10-6-3-7-11-22)29(31(28)34)24-16-18-25(32)19-17-24;1-14-12-17(15-8-4-2-5-9-15)19(20)18(13-14)16-10-6-3-7-11-16;1-8(2)10-6-5-7-11(9(3)4)12(10)13;1-10(2,3)9-7-5-4-6-8-9;7-4-2-1-3-5(8)6(4)9;1-5-3-4-6(2)7-5;1-5(2,3)4;1-2-4-5-3-1;;/h2-19,34H,1H3;2-13,20H,1H3;5-9H,1-4H3;1,4-8H,2-3H3;1-3H;3-4H,1-2H3;1H,2-4H3;1-4H;;/q;;;;;-1;;-1;;. The SMILES string of the molecule is CC(C)(C)[CH]=[W]=[N]c1c(Cl)cccc1Cl.CC(C)c1cccc(C(C)C)c1[N]=[Mo]=[CH]C(C)(C)c1ccccc1.Cc1cc(-c2ccccc2)c(O)c(-c2ccccc2)c1.Cc1ccc(-c2c(O)c(-c3ccc(Br)cc3)c(-c3ccccc3)c(Br)c2-c2ccccc2)cc1.Cc1ccc(C)[n-]1.c1cc[n-]c1.